The van der Waals surface area contributed by atoms with Crippen LogP contribution >= 0.6 is 0 Å². The fourth-order valence-electron chi connectivity index (χ4n) is 2.56. The first-order valence-electron chi connectivity index (χ1n) is 8.78. The summed E-state index contributed by atoms with van der Waals surface area (Å²) in [5.74, 6) is -0.441. The lowest BCUT2D eigenvalue weighted by atomic mass is 10.0. The van der Waals surface area contributed by atoms with Gasteiger partial charge in [0.25, 0.3) is 5.91 Å². The van der Waals surface area contributed by atoms with Crippen molar-refractivity contribution in [2.45, 2.75) is 25.8 Å². The number of amides is 2. The third kappa shape index (κ3) is 6.33. The molecule has 0 aliphatic carbocycles. The summed E-state index contributed by atoms with van der Waals surface area (Å²) in [5.41, 5.74) is 2.62. The molecule has 0 heterocycles. The maximum absolute atomic E-state index is 12.6. The highest BCUT2D eigenvalue weighted by atomic mass is 16.5. The highest BCUT2D eigenvalue weighted by Crippen LogP contribution is 2.07. The third-order valence-electron chi connectivity index (χ3n) is 4.04. The van der Waals surface area contributed by atoms with Crippen LogP contribution in [0.2, 0.25) is 0 Å². The summed E-state index contributed by atoms with van der Waals surface area (Å²) >= 11 is 0. The lowest BCUT2D eigenvalue weighted by Gasteiger charge is -2.19. The summed E-state index contributed by atoms with van der Waals surface area (Å²) in [6, 6.07) is 16.3. The molecule has 2 aromatic rings. The monoisotopic (exact) mass is 354 g/mol. The maximum atomic E-state index is 12.6. The van der Waals surface area contributed by atoms with Gasteiger partial charge in [-0.3, -0.25) is 9.59 Å². The molecule has 0 radical (unpaired) electrons. The minimum Gasteiger partial charge on any atom is -0.385 e. The zero-order chi connectivity index (χ0) is 18.8. The molecular weight excluding hydrogens is 328 g/mol. The van der Waals surface area contributed by atoms with Gasteiger partial charge in [0.15, 0.2) is 0 Å². The van der Waals surface area contributed by atoms with E-state index in [1.807, 2.05) is 49.4 Å². The van der Waals surface area contributed by atoms with Crippen LogP contribution in [0.3, 0.4) is 0 Å². The van der Waals surface area contributed by atoms with Crippen molar-refractivity contribution in [3.05, 3.63) is 71.3 Å². The van der Waals surface area contributed by atoms with E-state index in [1.165, 1.54) is 0 Å². The zero-order valence-electron chi connectivity index (χ0n) is 15.3. The number of hydrogen-bond acceptors (Lipinski definition) is 3. The van der Waals surface area contributed by atoms with Crippen molar-refractivity contribution in [3.63, 3.8) is 0 Å². The molecule has 138 valence electrons. The zero-order valence-corrected chi connectivity index (χ0v) is 15.3. The predicted molar refractivity (Wildman–Crippen MR) is 102 cm³/mol. The fraction of sp³-hybridized carbons (Fsp3) is 0.333. The lowest BCUT2D eigenvalue weighted by Crippen LogP contribution is -2.48. The summed E-state index contributed by atoms with van der Waals surface area (Å²) in [6.45, 7) is 3.06. The minimum absolute atomic E-state index is 0.189. The average Bonchev–Trinajstić information content (AvgIpc) is 2.66. The Hall–Kier alpha value is -2.66. The summed E-state index contributed by atoms with van der Waals surface area (Å²) in [6.07, 6.45) is 1.17. The summed E-state index contributed by atoms with van der Waals surface area (Å²) in [4.78, 5) is 25.1. The number of ether oxygens (including phenoxy) is 1. The Morgan fingerprint density at radius 2 is 1.73 bits per heavy atom. The van der Waals surface area contributed by atoms with E-state index < -0.39 is 6.04 Å². The van der Waals surface area contributed by atoms with Crippen LogP contribution in [-0.4, -0.2) is 38.1 Å². The van der Waals surface area contributed by atoms with Crippen LogP contribution in [0.4, 0.5) is 0 Å². The van der Waals surface area contributed by atoms with Crippen molar-refractivity contribution >= 4 is 11.8 Å². The number of hydrogen-bond donors (Lipinski definition) is 2. The first-order valence-corrected chi connectivity index (χ1v) is 8.78. The quantitative estimate of drug-likeness (QED) is 0.680. The molecular formula is C21H26N2O3. The Morgan fingerprint density at radius 3 is 2.38 bits per heavy atom. The van der Waals surface area contributed by atoms with Gasteiger partial charge in [-0.15, -0.1) is 0 Å². The largest absolute Gasteiger partial charge is 0.385 e. The van der Waals surface area contributed by atoms with Crippen molar-refractivity contribution in [1.29, 1.82) is 0 Å². The van der Waals surface area contributed by atoms with E-state index in [0.29, 0.717) is 25.1 Å². The molecule has 0 aromatic heterocycles. The van der Waals surface area contributed by atoms with Crippen molar-refractivity contribution in [3.8, 4) is 0 Å². The Labute approximate surface area is 154 Å². The normalized spacial score (nSPS) is 11.6. The van der Waals surface area contributed by atoms with Gasteiger partial charge in [0, 0.05) is 32.2 Å². The Kier molecular flexibility index (Phi) is 7.83. The predicted octanol–water partition coefficient (Wildman–Crippen LogP) is 2.49. The first kappa shape index (κ1) is 19.7. The van der Waals surface area contributed by atoms with Gasteiger partial charge in [0.2, 0.25) is 5.91 Å². The van der Waals surface area contributed by atoms with Crippen LogP contribution in [0.15, 0.2) is 54.6 Å². The van der Waals surface area contributed by atoms with E-state index in [-0.39, 0.29) is 11.8 Å². The van der Waals surface area contributed by atoms with Crippen LogP contribution < -0.4 is 10.6 Å². The molecule has 2 rings (SSSR count). The molecule has 2 N–H and O–H groups in total. The highest BCUT2D eigenvalue weighted by Gasteiger charge is 2.21. The molecule has 1 atom stereocenters. The van der Waals surface area contributed by atoms with Crippen LogP contribution in [0.1, 0.15) is 27.9 Å². The smallest absolute Gasteiger partial charge is 0.251 e. The van der Waals surface area contributed by atoms with Gasteiger partial charge in [-0.25, -0.2) is 0 Å². The molecule has 5 heteroatoms. The Bertz CT molecular complexity index is 699. The molecule has 0 aliphatic heterocycles. The second-order valence-electron chi connectivity index (χ2n) is 6.22. The van der Waals surface area contributed by atoms with E-state index in [0.717, 1.165) is 17.5 Å². The fourth-order valence-corrected chi connectivity index (χ4v) is 2.56. The van der Waals surface area contributed by atoms with Gasteiger partial charge < -0.3 is 15.4 Å². The molecule has 0 saturated carbocycles. The van der Waals surface area contributed by atoms with Gasteiger partial charge in [0.1, 0.15) is 6.04 Å². The number of aryl methyl sites for hydroxylation is 1. The molecule has 26 heavy (non-hydrogen) atoms. The number of carbonyl (C=O) groups is 2. The second kappa shape index (κ2) is 10.4. The first-order chi connectivity index (χ1) is 12.6. The topological polar surface area (TPSA) is 67.4 Å². The van der Waals surface area contributed by atoms with Crippen LogP contribution in [0.25, 0.3) is 0 Å². The SMILES string of the molecule is COCCCNC(=O)C(Cc1ccccc1)NC(=O)c1ccc(C)cc1. The number of carbonyl (C=O) groups excluding carboxylic acids is 2. The van der Waals surface area contributed by atoms with E-state index in [1.54, 1.807) is 19.2 Å². The number of methoxy groups -OCH3 is 1. The highest BCUT2D eigenvalue weighted by molar-refractivity contribution is 5.97. The maximum Gasteiger partial charge on any atom is 0.251 e. The Morgan fingerprint density at radius 1 is 1.04 bits per heavy atom. The summed E-state index contributed by atoms with van der Waals surface area (Å²) in [5, 5.41) is 5.73. The molecule has 0 bridgehead atoms. The van der Waals surface area contributed by atoms with Gasteiger partial charge in [0.05, 0.1) is 0 Å². The lowest BCUT2D eigenvalue weighted by molar-refractivity contribution is -0.123. The minimum atomic E-state index is -0.631. The third-order valence-corrected chi connectivity index (χ3v) is 4.04. The average molecular weight is 354 g/mol. The van der Waals surface area contributed by atoms with Crippen LogP contribution in [0, 0.1) is 6.92 Å². The van der Waals surface area contributed by atoms with Gasteiger partial charge >= 0.3 is 0 Å². The van der Waals surface area contributed by atoms with E-state index >= 15 is 0 Å². The van der Waals surface area contributed by atoms with Crippen molar-refractivity contribution in [1.82, 2.24) is 10.6 Å². The number of nitrogens with one attached hydrogen (secondary N) is 2. The molecule has 2 aromatic carbocycles. The molecule has 0 aliphatic rings. The molecule has 0 fully saturated rings. The molecule has 1 unspecified atom stereocenters. The van der Waals surface area contributed by atoms with Crippen molar-refractivity contribution in [2.75, 3.05) is 20.3 Å². The summed E-state index contributed by atoms with van der Waals surface area (Å²) < 4.78 is 4.99. The van der Waals surface area contributed by atoms with Crippen LogP contribution in [-0.2, 0) is 16.0 Å². The molecule has 0 saturated heterocycles. The molecule has 2 amide bonds. The number of rotatable bonds is 9. The van der Waals surface area contributed by atoms with E-state index in [4.69, 9.17) is 4.74 Å². The number of benzene rings is 2. The Balaban J connectivity index is 2.05. The van der Waals surface area contributed by atoms with E-state index in [2.05, 4.69) is 10.6 Å². The van der Waals surface area contributed by atoms with Crippen molar-refractivity contribution < 1.29 is 14.3 Å². The molecule has 0 spiro atoms. The van der Waals surface area contributed by atoms with Gasteiger partial charge in [-0.1, -0.05) is 48.0 Å². The summed E-state index contributed by atoms with van der Waals surface area (Å²) in [7, 11) is 1.63. The molecule has 5 nitrogen and oxygen atoms in total. The van der Waals surface area contributed by atoms with Gasteiger partial charge in [-0.05, 0) is 31.0 Å². The van der Waals surface area contributed by atoms with Crippen LogP contribution in [0.5, 0.6) is 0 Å². The van der Waals surface area contributed by atoms with E-state index in [9.17, 15) is 9.59 Å². The van der Waals surface area contributed by atoms with Gasteiger partial charge in [-0.2, -0.15) is 0 Å². The second-order valence-corrected chi connectivity index (χ2v) is 6.22. The van der Waals surface area contributed by atoms with Crippen molar-refractivity contribution in [2.24, 2.45) is 0 Å². The standard InChI is InChI=1S/C21H26N2O3/c1-16-9-11-18(12-10-16)20(24)23-19(15-17-7-4-3-5-8-17)21(25)22-13-6-14-26-2/h3-5,7-12,19H,6,13-15H2,1-2H3,(H,22,25)(H,23,24).